The van der Waals surface area contributed by atoms with E-state index in [0.717, 1.165) is 49.9 Å². The van der Waals surface area contributed by atoms with E-state index in [9.17, 15) is 20.0 Å². The molecule has 0 spiro atoms. The van der Waals surface area contributed by atoms with Crippen LogP contribution in [0.1, 0.15) is 85.5 Å². The molecule has 4 aliphatic carbocycles. The highest BCUT2D eigenvalue weighted by Crippen LogP contribution is 2.67. The summed E-state index contributed by atoms with van der Waals surface area (Å²) >= 11 is 0. The average Bonchev–Trinajstić information content (AvgIpc) is 3.19. The van der Waals surface area contributed by atoms with E-state index in [1.807, 2.05) is 0 Å². The molecule has 196 valence electrons. The van der Waals surface area contributed by atoms with Crippen LogP contribution < -0.4 is 0 Å². The molecule has 2 N–H and O–H groups in total. The fourth-order valence-corrected chi connectivity index (χ4v) is 8.85. The molecule has 0 amide bonds. The Morgan fingerprint density at radius 3 is 2.49 bits per heavy atom. The van der Waals surface area contributed by atoms with Gasteiger partial charge in [-0.1, -0.05) is 31.1 Å². The van der Waals surface area contributed by atoms with Crippen molar-refractivity contribution >= 4 is 23.4 Å². The maximum absolute atomic E-state index is 11.8. The molecule has 0 heterocycles. The summed E-state index contributed by atoms with van der Waals surface area (Å²) in [6, 6.07) is 0. The number of methoxy groups -OCH3 is 1. The first kappa shape index (κ1) is 26.0. The molecule has 0 aromatic rings. The Morgan fingerprint density at radius 2 is 1.86 bits per heavy atom. The molecule has 35 heavy (non-hydrogen) atoms. The number of nitrogens with zero attached hydrogens (tertiary/aromatic N) is 2. The topological polar surface area (TPSA) is 118 Å². The zero-order chi connectivity index (χ0) is 25.5. The summed E-state index contributed by atoms with van der Waals surface area (Å²) in [5, 5.41) is 28.2. The van der Waals surface area contributed by atoms with Gasteiger partial charge in [-0.05, 0) is 86.4 Å². The molecule has 0 aromatic heterocycles. The zero-order valence-corrected chi connectivity index (χ0v) is 21.8. The van der Waals surface area contributed by atoms with Crippen LogP contribution in [-0.4, -0.2) is 47.0 Å². The molecule has 4 rings (SSSR count). The molecule has 8 nitrogen and oxygen atoms in total. The van der Waals surface area contributed by atoms with Crippen LogP contribution >= 0.6 is 0 Å². The Kier molecular flexibility index (Phi) is 7.22. The van der Waals surface area contributed by atoms with E-state index in [1.165, 1.54) is 14.0 Å². The van der Waals surface area contributed by atoms with E-state index in [1.54, 1.807) is 0 Å². The lowest BCUT2D eigenvalue weighted by Gasteiger charge is -2.61. The second-order valence-electron chi connectivity index (χ2n) is 12.1. The molecule has 4 aliphatic rings. The maximum atomic E-state index is 11.8. The van der Waals surface area contributed by atoms with Crippen LogP contribution in [0.25, 0.3) is 0 Å². The number of carbonyl (C=O) groups excluding carboxylic acids is 2. The second-order valence-corrected chi connectivity index (χ2v) is 12.1. The summed E-state index contributed by atoms with van der Waals surface area (Å²) in [6.07, 6.45) is 6.97. The number of oxime groups is 2. The Bertz CT molecular complexity index is 902. The van der Waals surface area contributed by atoms with Crippen LogP contribution in [0.2, 0.25) is 0 Å². The summed E-state index contributed by atoms with van der Waals surface area (Å²) in [6.45, 7) is 8.23. The highest BCUT2D eigenvalue weighted by molar-refractivity contribution is 5.96. The van der Waals surface area contributed by atoms with Gasteiger partial charge in [0.1, 0.15) is 6.10 Å². The maximum Gasteiger partial charge on any atom is 0.305 e. The van der Waals surface area contributed by atoms with Gasteiger partial charge in [0.15, 0.2) is 0 Å². The van der Waals surface area contributed by atoms with Crippen LogP contribution in [-0.2, 0) is 19.1 Å². The quantitative estimate of drug-likeness (QED) is 0.316. The van der Waals surface area contributed by atoms with Gasteiger partial charge >= 0.3 is 11.9 Å². The third-order valence-corrected chi connectivity index (χ3v) is 10.7. The first-order valence-corrected chi connectivity index (χ1v) is 13.3. The van der Waals surface area contributed by atoms with Crippen LogP contribution in [0.15, 0.2) is 10.3 Å². The number of hydrogen-bond acceptors (Lipinski definition) is 8. The number of carbonyl (C=O) groups is 2. The second kappa shape index (κ2) is 9.74. The van der Waals surface area contributed by atoms with Gasteiger partial charge in [0.2, 0.25) is 0 Å². The van der Waals surface area contributed by atoms with Crippen molar-refractivity contribution in [2.24, 2.45) is 56.6 Å². The predicted octanol–water partition coefficient (Wildman–Crippen LogP) is 5.05. The highest BCUT2D eigenvalue weighted by Gasteiger charge is 2.65. The lowest BCUT2D eigenvalue weighted by atomic mass is 9.43. The number of hydrogen-bond donors (Lipinski definition) is 2. The number of fused-ring (bicyclic) bond motifs is 5. The van der Waals surface area contributed by atoms with E-state index in [4.69, 9.17) is 9.47 Å². The summed E-state index contributed by atoms with van der Waals surface area (Å²) in [5.74, 6) is 0.970. The first-order valence-electron chi connectivity index (χ1n) is 13.3. The van der Waals surface area contributed by atoms with Gasteiger partial charge < -0.3 is 19.9 Å². The van der Waals surface area contributed by atoms with Crippen molar-refractivity contribution in [3.05, 3.63) is 0 Å². The largest absolute Gasteiger partial charge is 0.469 e. The van der Waals surface area contributed by atoms with Crippen LogP contribution in [0.3, 0.4) is 0 Å². The van der Waals surface area contributed by atoms with E-state index < -0.39 is 0 Å². The van der Waals surface area contributed by atoms with Crippen molar-refractivity contribution in [1.82, 2.24) is 0 Å². The minimum absolute atomic E-state index is 0.00135. The highest BCUT2D eigenvalue weighted by atomic mass is 16.5. The van der Waals surface area contributed by atoms with Gasteiger partial charge in [-0.15, -0.1) is 0 Å². The van der Waals surface area contributed by atoms with Crippen molar-refractivity contribution in [2.45, 2.75) is 91.6 Å². The summed E-state index contributed by atoms with van der Waals surface area (Å²) < 4.78 is 10.4. The van der Waals surface area contributed by atoms with Crippen molar-refractivity contribution in [3.8, 4) is 0 Å². The third kappa shape index (κ3) is 4.25. The Balaban J connectivity index is 1.63. The Morgan fingerprint density at radius 1 is 1.11 bits per heavy atom. The normalized spacial score (nSPS) is 43.7. The van der Waals surface area contributed by atoms with Gasteiger partial charge in [0.25, 0.3) is 0 Å². The molecule has 0 saturated heterocycles. The van der Waals surface area contributed by atoms with E-state index in [2.05, 4.69) is 31.1 Å². The summed E-state index contributed by atoms with van der Waals surface area (Å²) in [7, 11) is 1.42. The SMILES string of the molecule is COC(=O)CC[C@@H](C)C1CC[C@H]2[C@H]3C(=NO)C[C@@H]4C[C@H](OC(C)=O)CCC4(C)C3CC(=NO)C12C. The monoisotopic (exact) mass is 490 g/mol. The number of esters is 2. The molecule has 0 radical (unpaired) electrons. The smallest absolute Gasteiger partial charge is 0.305 e. The molecular weight excluding hydrogens is 448 g/mol. The van der Waals surface area contributed by atoms with Crippen LogP contribution in [0, 0.1) is 46.3 Å². The van der Waals surface area contributed by atoms with Gasteiger partial charge in [0, 0.05) is 24.7 Å². The standard InChI is InChI=1S/C27H42N2O6/c1-15(6-9-24(31)34-5)19-7-8-20-25-21(14-23(29-33)27(19,20)4)26(3)11-10-18(35-16(2)30)12-17(26)13-22(25)28-32/h15,17-21,25,32-33H,6-14H2,1-5H3/t15-,17+,18-,19?,20+,21?,25-,26?,27?/m1/s1. The van der Waals surface area contributed by atoms with Gasteiger partial charge in [-0.25, -0.2) is 0 Å². The zero-order valence-electron chi connectivity index (χ0n) is 21.8. The van der Waals surface area contributed by atoms with Crippen LogP contribution in [0.4, 0.5) is 0 Å². The number of ether oxygens (including phenoxy) is 2. The van der Waals surface area contributed by atoms with Crippen LogP contribution in [0.5, 0.6) is 0 Å². The molecular formula is C27H42N2O6. The third-order valence-electron chi connectivity index (χ3n) is 10.7. The molecule has 4 unspecified atom stereocenters. The molecule has 8 heteroatoms. The van der Waals surface area contributed by atoms with E-state index in [0.29, 0.717) is 19.3 Å². The molecule has 0 bridgehead atoms. The van der Waals surface area contributed by atoms with E-state index >= 15 is 0 Å². The molecule has 0 aromatic carbocycles. The van der Waals surface area contributed by atoms with E-state index in [-0.39, 0.29) is 64.4 Å². The van der Waals surface area contributed by atoms with Gasteiger partial charge in [-0.3, -0.25) is 9.59 Å². The predicted molar refractivity (Wildman–Crippen MR) is 130 cm³/mol. The lowest BCUT2D eigenvalue weighted by molar-refractivity contribution is -0.153. The van der Waals surface area contributed by atoms with Crippen molar-refractivity contribution < 1.29 is 29.5 Å². The fourth-order valence-electron chi connectivity index (χ4n) is 8.85. The molecule has 0 aliphatic heterocycles. The van der Waals surface area contributed by atoms with Gasteiger partial charge in [0.05, 0.1) is 18.5 Å². The molecule has 4 saturated carbocycles. The Labute approximate surface area is 208 Å². The lowest BCUT2D eigenvalue weighted by Crippen LogP contribution is -2.60. The number of rotatable bonds is 5. The summed E-state index contributed by atoms with van der Waals surface area (Å²) in [4.78, 5) is 23.4. The first-order chi connectivity index (χ1) is 16.6. The van der Waals surface area contributed by atoms with Crippen molar-refractivity contribution in [2.75, 3.05) is 7.11 Å². The van der Waals surface area contributed by atoms with Crippen molar-refractivity contribution in [3.63, 3.8) is 0 Å². The van der Waals surface area contributed by atoms with Gasteiger partial charge in [-0.2, -0.15) is 0 Å². The minimum atomic E-state index is -0.306. The molecule has 4 fully saturated rings. The molecule has 9 atom stereocenters. The fraction of sp³-hybridized carbons (Fsp3) is 0.852. The average molecular weight is 491 g/mol. The summed E-state index contributed by atoms with van der Waals surface area (Å²) in [5.41, 5.74) is 1.41. The Hall–Kier alpha value is -2.12. The van der Waals surface area contributed by atoms with Crippen molar-refractivity contribution in [1.29, 1.82) is 0 Å². The minimum Gasteiger partial charge on any atom is -0.469 e.